The molecule has 0 spiro atoms. The van der Waals surface area contributed by atoms with E-state index in [-0.39, 0.29) is 11.8 Å². The van der Waals surface area contributed by atoms with Crippen molar-refractivity contribution >= 4 is 23.3 Å². The maximum atomic E-state index is 12.4. The molecule has 1 aromatic carbocycles. The van der Waals surface area contributed by atoms with Crippen LogP contribution < -0.4 is 5.32 Å². The molecule has 0 aliphatic carbocycles. The van der Waals surface area contributed by atoms with Crippen LogP contribution in [0.25, 0.3) is 5.95 Å². The van der Waals surface area contributed by atoms with Crippen LogP contribution in [0.15, 0.2) is 30.3 Å². The summed E-state index contributed by atoms with van der Waals surface area (Å²) in [6.07, 6.45) is 0.370. The van der Waals surface area contributed by atoms with Crippen molar-refractivity contribution in [1.29, 1.82) is 0 Å². The Labute approximate surface area is 156 Å². The lowest BCUT2D eigenvalue weighted by Crippen LogP contribution is -2.25. The number of hydrogen-bond acceptors (Lipinski definition) is 4. The third kappa shape index (κ3) is 2.86. The quantitative estimate of drug-likeness (QED) is 0.749. The third-order valence-corrected chi connectivity index (χ3v) is 4.79. The van der Waals surface area contributed by atoms with E-state index in [1.165, 1.54) is 0 Å². The largest absolute Gasteiger partial charge is 0.310 e. The van der Waals surface area contributed by atoms with E-state index in [1.54, 1.807) is 4.68 Å². The lowest BCUT2D eigenvalue weighted by molar-refractivity contribution is -0.116. The lowest BCUT2D eigenvalue weighted by Gasteiger charge is -2.24. The predicted octanol–water partition coefficient (Wildman–Crippen LogP) is 3.72. The van der Waals surface area contributed by atoms with Gasteiger partial charge in [-0.1, -0.05) is 23.7 Å². The molecule has 1 aliphatic rings. The fraction of sp³-hybridized carbons (Fsp3) is 0.263. The topological polar surface area (TPSA) is 72.7 Å². The molecule has 0 fully saturated rings. The number of anilines is 1. The van der Waals surface area contributed by atoms with Gasteiger partial charge in [0.05, 0.1) is 5.69 Å². The van der Waals surface area contributed by atoms with Crippen LogP contribution in [-0.4, -0.2) is 25.7 Å². The number of hydrogen-bond donors (Lipinski definition) is 1. The van der Waals surface area contributed by atoms with E-state index in [1.807, 2.05) is 51.1 Å². The van der Waals surface area contributed by atoms with Gasteiger partial charge in [0.25, 0.3) is 5.95 Å². The molecule has 0 saturated heterocycles. The average Bonchev–Trinajstić information content (AvgIpc) is 2.91. The van der Waals surface area contributed by atoms with E-state index in [0.717, 1.165) is 28.2 Å². The molecule has 132 valence electrons. The molecule has 7 heteroatoms. The molecule has 4 rings (SSSR count). The monoisotopic (exact) mass is 367 g/mol. The molecular weight excluding hydrogens is 350 g/mol. The van der Waals surface area contributed by atoms with Crippen molar-refractivity contribution in [2.45, 2.75) is 33.1 Å². The van der Waals surface area contributed by atoms with Gasteiger partial charge in [-0.25, -0.2) is 9.97 Å². The number of aryl methyl sites for hydroxylation is 3. The van der Waals surface area contributed by atoms with E-state index in [0.29, 0.717) is 23.2 Å². The summed E-state index contributed by atoms with van der Waals surface area (Å²) in [5.74, 6) is 0.978. The lowest BCUT2D eigenvalue weighted by atomic mass is 9.86. The van der Waals surface area contributed by atoms with Crippen LogP contribution in [0.5, 0.6) is 0 Å². The van der Waals surface area contributed by atoms with E-state index >= 15 is 0 Å². The molecule has 0 bridgehead atoms. The van der Waals surface area contributed by atoms with Gasteiger partial charge in [0.2, 0.25) is 5.91 Å². The van der Waals surface area contributed by atoms with Crippen LogP contribution >= 0.6 is 11.6 Å². The van der Waals surface area contributed by atoms with Crippen molar-refractivity contribution in [2.75, 3.05) is 5.32 Å². The minimum atomic E-state index is -0.0735. The van der Waals surface area contributed by atoms with Crippen LogP contribution in [0.1, 0.15) is 40.5 Å². The number of nitrogens with one attached hydrogen (secondary N) is 1. The van der Waals surface area contributed by atoms with Crippen LogP contribution in [0, 0.1) is 20.8 Å². The zero-order valence-electron chi connectivity index (χ0n) is 14.7. The van der Waals surface area contributed by atoms with E-state index in [4.69, 9.17) is 11.6 Å². The molecule has 1 N–H and O–H groups in total. The van der Waals surface area contributed by atoms with Gasteiger partial charge < -0.3 is 5.32 Å². The van der Waals surface area contributed by atoms with Gasteiger partial charge in [0, 0.05) is 34.3 Å². The number of amides is 1. The highest BCUT2D eigenvalue weighted by Crippen LogP contribution is 2.40. The Morgan fingerprint density at radius 2 is 1.77 bits per heavy atom. The SMILES string of the molecule is Cc1cc(C)nc(-n2nc(C)c3c2NC(=O)C[C@@H]3c2ccc(Cl)cc2)n1. The normalized spacial score (nSPS) is 16.3. The summed E-state index contributed by atoms with van der Waals surface area (Å²) < 4.78 is 1.63. The minimum Gasteiger partial charge on any atom is -0.310 e. The molecule has 3 aromatic rings. The second-order valence-electron chi connectivity index (χ2n) is 6.57. The standard InChI is InChI=1S/C19H18ClN5O/c1-10-8-11(2)22-19(21-10)25-18-17(12(3)24-25)15(9-16(26)23-18)13-4-6-14(20)7-5-13/h4-8,15H,9H2,1-3H3,(H,23,26)/t15-/m1/s1. The summed E-state index contributed by atoms with van der Waals surface area (Å²) in [5.41, 5.74) is 4.59. The average molecular weight is 368 g/mol. The highest BCUT2D eigenvalue weighted by atomic mass is 35.5. The summed E-state index contributed by atoms with van der Waals surface area (Å²) in [7, 11) is 0. The second-order valence-corrected chi connectivity index (χ2v) is 7.00. The summed E-state index contributed by atoms with van der Waals surface area (Å²) in [6.45, 7) is 5.77. The number of halogens is 1. The van der Waals surface area contributed by atoms with Gasteiger partial charge in [-0.15, -0.1) is 0 Å². The second kappa shape index (κ2) is 6.21. The Balaban J connectivity index is 1.88. The Hall–Kier alpha value is -2.73. The van der Waals surface area contributed by atoms with Gasteiger partial charge in [-0.05, 0) is 44.5 Å². The fourth-order valence-electron chi connectivity index (χ4n) is 3.47. The Bertz CT molecular complexity index is 989. The molecule has 2 aromatic heterocycles. The van der Waals surface area contributed by atoms with Crippen molar-refractivity contribution < 1.29 is 4.79 Å². The smallest absolute Gasteiger partial charge is 0.252 e. The zero-order chi connectivity index (χ0) is 18.4. The summed E-state index contributed by atoms with van der Waals surface area (Å²) in [5, 5.41) is 8.25. The van der Waals surface area contributed by atoms with E-state index in [9.17, 15) is 4.79 Å². The molecule has 1 amide bonds. The number of aromatic nitrogens is 4. The number of carbonyl (C=O) groups is 1. The first-order valence-corrected chi connectivity index (χ1v) is 8.77. The van der Waals surface area contributed by atoms with E-state index < -0.39 is 0 Å². The third-order valence-electron chi connectivity index (χ3n) is 4.53. The van der Waals surface area contributed by atoms with Gasteiger partial charge in [0.1, 0.15) is 5.82 Å². The Morgan fingerprint density at radius 3 is 2.42 bits per heavy atom. The van der Waals surface area contributed by atoms with Gasteiger partial charge in [-0.2, -0.15) is 9.78 Å². The molecule has 1 aliphatic heterocycles. The molecule has 0 radical (unpaired) electrons. The predicted molar refractivity (Wildman–Crippen MR) is 99.9 cm³/mol. The maximum Gasteiger partial charge on any atom is 0.252 e. The van der Waals surface area contributed by atoms with Crippen molar-refractivity contribution in [2.24, 2.45) is 0 Å². The fourth-order valence-corrected chi connectivity index (χ4v) is 3.60. The first kappa shape index (κ1) is 16.7. The van der Waals surface area contributed by atoms with Crippen LogP contribution in [0.3, 0.4) is 0 Å². The molecule has 6 nitrogen and oxygen atoms in total. The van der Waals surface area contributed by atoms with Crippen LogP contribution in [-0.2, 0) is 4.79 Å². The van der Waals surface area contributed by atoms with Crippen molar-refractivity contribution in [3.05, 3.63) is 63.6 Å². The molecular formula is C19H18ClN5O. The van der Waals surface area contributed by atoms with Crippen molar-refractivity contribution in [3.63, 3.8) is 0 Å². The number of benzene rings is 1. The number of carbonyl (C=O) groups excluding carboxylic acids is 1. The van der Waals surface area contributed by atoms with Gasteiger partial charge in [-0.3, -0.25) is 4.79 Å². The maximum absolute atomic E-state index is 12.4. The minimum absolute atomic E-state index is 0.0528. The Morgan fingerprint density at radius 1 is 1.12 bits per heavy atom. The number of rotatable bonds is 2. The molecule has 0 unspecified atom stereocenters. The van der Waals surface area contributed by atoms with Crippen LogP contribution in [0.4, 0.5) is 5.82 Å². The van der Waals surface area contributed by atoms with E-state index in [2.05, 4.69) is 20.4 Å². The van der Waals surface area contributed by atoms with Gasteiger partial charge >= 0.3 is 0 Å². The highest BCUT2D eigenvalue weighted by molar-refractivity contribution is 6.30. The summed E-state index contributed by atoms with van der Waals surface area (Å²) in [4.78, 5) is 21.3. The van der Waals surface area contributed by atoms with Crippen molar-refractivity contribution in [3.8, 4) is 5.95 Å². The highest BCUT2D eigenvalue weighted by Gasteiger charge is 2.33. The molecule has 1 atom stereocenters. The summed E-state index contributed by atoms with van der Waals surface area (Å²) >= 11 is 6.01. The molecule has 3 heterocycles. The number of fused-ring (bicyclic) bond motifs is 1. The zero-order valence-corrected chi connectivity index (χ0v) is 15.5. The number of nitrogens with zero attached hydrogens (tertiary/aromatic N) is 4. The first-order valence-electron chi connectivity index (χ1n) is 8.40. The van der Waals surface area contributed by atoms with Crippen molar-refractivity contribution in [1.82, 2.24) is 19.7 Å². The van der Waals surface area contributed by atoms with Gasteiger partial charge in [0.15, 0.2) is 0 Å². The molecule has 0 saturated carbocycles. The molecule has 26 heavy (non-hydrogen) atoms. The van der Waals surface area contributed by atoms with Crippen LogP contribution in [0.2, 0.25) is 5.02 Å². The first-order chi connectivity index (χ1) is 12.4. The Kier molecular flexibility index (Phi) is 4.00. The summed E-state index contributed by atoms with van der Waals surface area (Å²) in [6, 6.07) is 9.51.